The first-order valence-electron chi connectivity index (χ1n) is 11.8. The Morgan fingerprint density at radius 2 is 1.97 bits per heavy atom. The summed E-state index contributed by atoms with van der Waals surface area (Å²) in [5.41, 5.74) is -2.70. The fourth-order valence-corrected chi connectivity index (χ4v) is 4.78. The topological polar surface area (TPSA) is 120 Å². The number of likely N-dealkylation sites (tertiary alicyclic amines) is 1. The molecule has 0 saturated carbocycles. The Bertz CT molecular complexity index is 1500. The van der Waals surface area contributed by atoms with Gasteiger partial charge in [0, 0.05) is 42.5 Å². The number of alkyl halides is 3. The normalized spacial score (nSPS) is 16.0. The van der Waals surface area contributed by atoms with Crippen LogP contribution in [0.4, 0.5) is 27.8 Å². The van der Waals surface area contributed by atoms with E-state index in [2.05, 4.69) is 15.3 Å². The van der Waals surface area contributed by atoms with Gasteiger partial charge in [0.1, 0.15) is 23.3 Å². The van der Waals surface area contributed by atoms with Gasteiger partial charge in [-0.2, -0.15) is 23.7 Å². The number of fused-ring (bicyclic) bond motifs is 1. The van der Waals surface area contributed by atoms with Crippen LogP contribution in [0.25, 0.3) is 22.2 Å². The average Bonchev–Trinajstić information content (AvgIpc) is 3.25. The fraction of sp³-hybridized carbons (Fsp3) is 0.400. The standard InChI is InChI=1S/C25H23F4N7O2S/c1-24(2,3)38-23(37)35-8-4-5-15(12-35)33-22-32-11-19(25(26,27)28)20(34-22)18-13-36(39-29)21-16(18)7-6-14(9-30)17(21)10-31/h6-7,11,13,15H,4-5,8,12H2,1-3H3,(H,32,33,34). The van der Waals surface area contributed by atoms with Crippen molar-refractivity contribution in [3.63, 3.8) is 0 Å². The zero-order valence-electron chi connectivity index (χ0n) is 21.1. The molecule has 39 heavy (non-hydrogen) atoms. The number of ether oxygens (including phenoxy) is 1. The molecule has 1 atom stereocenters. The summed E-state index contributed by atoms with van der Waals surface area (Å²) in [7, 11) is 0. The van der Waals surface area contributed by atoms with Gasteiger partial charge >= 0.3 is 12.3 Å². The van der Waals surface area contributed by atoms with Crippen molar-refractivity contribution >= 4 is 35.3 Å². The van der Waals surface area contributed by atoms with E-state index in [-0.39, 0.29) is 58.5 Å². The molecule has 4 rings (SSSR count). The van der Waals surface area contributed by atoms with Crippen LogP contribution in [0.15, 0.2) is 24.5 Å². The molecular formula is C25H23F4N7O2S. The van der Waals surface area contributed by atoms with E-state index in [1.807, 2.05) is 12.1 Å². The van der Waals surface area contributed by atoms with Gasteiger partial charge in [0.15, 0.2) is 12.3 Å². The molecule has 9 nitrogen and oxygen atoms in total. The lowest BCUT2D eigenvalue weighted by Gasteiger charge is -2.34. The Kier molecular flexibility index (Phi) is 7.61. The summed E-state index contributed by atoms with van der Waals surface area (Å²) < 4.78 is 62.2. The monoisotopic (exact) mass is 561 g/mol. The van der Waals surface area contributed by atoms with E-state index < -0.39 is 29.1 Å². The summed E-state index contributed by atoms with van der Waals surface area (Å²) in [5.74, 6) is -0.114. The number of piperidine rings is 1. The number of aromatic nitrogens is 3. The minimum absolute atomic E-state index is 0.0411. The first-order chi connectivity index (χ1) is 18.4. The minimum atomic E-state index is -4.84. The Morgan fingerprint density at radius 1 is 1.23 bits per heavy atom. The molecule has 1 N–H and O–H groups in total. The van der Waals surface area contributed by atoms with Gasteiger partial charge in [-0.05, 0) is 39.7 Å². The molecular weight excluding hydrogens is 538 g/mol. The number of nitrogens with zero attached hydrogens (tertiary/aromatic N) is 6. The lowest BCUT2D eigenvalue weighted by molar-refractivity contribution is -0.137. The van der Waals surface area contributed by atoms with Crippen LogP contribution in [0.2, 0.25) is 0 Å². The lowest BCUT2D eigenvalue weighted by atomic mass is 10.0. The Balaban J connectivity index is 1.75. The Hall–Kier alpha value is -4.04. The summed E-state index contributed by atoms with van der Waals surface area (Å²) in [6.07, 6.45) is -2.36. The second-order valence-electron chi connectivity index (χ2n) is 9.91. The smallest absolute Gasteiger partial charge is 0.419 e. The van der Waals surface area contributed by atoms with E-state index in [1.54, 1.807) is 20.8 Å². The molecule has 3 aromatic rings. The maximum Gasteiger partial charge on any atom is 0.419 e. The molecule has 0 spiro atoms. The number of nitriles is 2. The summed E-state index contributed by atoms with van der Waals surface area (Å²) in [6.45, 7) is 5.96. The van der Waals surface area contributed by atoms with Gasteiger partial charge < -0.3 is 15.0 Å². The Labute approximate surface area is 225 Å². The number of amides is 1. The van der Waals surface area contributed by atoms with Crippen LogP contribution < -0.4 is 5.32 Å². The highest BCUT2D eigenvalue weighted by Crippen LogP contribution is 2.41. The molecule has 1 aliphatic heterocycles. The van der Waals surface area contributed by atoms with E-state index in [1.165, 1.54) is 17.0 Å². The van der Waals surface area contributed by atoms with Gasteiger partial charge in [-0.3, -0.25) is 3.97 Å². The van der Waals surface area contributed by atoms with Gasteiger partial charge in [0.05, 0.1) is 22.3 Å². The highest BCUT2D eigenvalue weighted by Gasteiger charge is 2.37. The van der Waals surface area contributed by atoms with Gasteiger partial charge in [-0.25, -0.2) is 14.8 Å². The number of anilines is 1. The number of hydrogen-bond acceptors (Lipinski definition) is 8. The van der Waals surface area contributed by atoms with E-state index in [9.17, 15) is 32.4 Å². The molecule has 1 aromatic carbocycles. The van der Waals surface area contributed by atoms with Crippen molar-refractivity contribution in [1.82, 2.24) is 18.8 Å². The average molecular weight is 562 g/mol. The van der Waals surface area contributed by atoms with Crippen LogP contribution in [0.5, 0.6) is 0 Å². The van der Waals surface area contributed by atoms with E-state index >= 15 is 0 Å². The summed E-state index contributed by atoms with van der Waals surface area (Å²) in [4.78, 5) is 22.0. The minimum Gasteiger partial charge on any atom is -0.444 e. The third kappa shape index (κ3) is 5.86. The molecule has 1 unspecified atom stereocenters. The predicted molar refractivity (Wildman–Crippen MR) is 136 cm³/mol. The molecule has 0 radical (unpaired) electrons. The molecule has 2 aromatic heterocycles. The highest BCUT2D eigenvalue weighted by molar-refractivity contribution is 7.92. The quantitative estimate of drug-likeness (QED) is 0.382. The van der Waals surface area contributed by atoms with Crippen molar-refractivity contribution in [1.29, 1.82) is 10.5 Å². The molecule has 1 amide bonds. The van der Waals surface area contributed by atoms with Crippen molar-refractivity contribution in [3.8, 4) is 23.4 Å². The van der Waals surface area contributed by atoms with Crippen LogP contribution >= 0.6 is 12.3 Å². The van der Waals surface area contributed by atoms with Crippen molar-refractivity contribution in [2.75, 3.05) is 18.4 Å². The summed E-state index contributed by atoms with van der Waals surface area (Å²) in [6, 6.07) is 5.95. The van der Waals surface area contributed by atoms with Crippen LogP contribution in [-0.2, 0) is 10.9 Å². The molecule has 14 heteroatoms. The molecule has 0 bridgehead atoms. The molecule has 0 aliphatic carbocycles. The largest absolute Gasteiger partial charge is 0.444 e. The number of halogens is 4. The van der Waals surface area contributed by atoms with Gasteiger partial charge in [0.2, 0.25) is 5.95 Å². The number of rotatable bonds is 4. The van der Waals surface area contributed by atoms with Crippen LogP contribution in [0.3, 0.4) is 0 Å². The zero-order valence-corrected chi connectivity index (χ0v) is 22.0. The van der Waals surface area contributed by atoms with Crippen LogP contribution in [0, 0.1) is 22.7 Å². The molecule has 1 saturated heterocycles. The summed E-state index contributed by atoms with van der Waals surface area (Å²) >= 11 is -0.318. The van der Waals surface area contributed by atoms with E-state index in [0.29, 0.717) is 25.6 Å². The van der Waals surface area contributed by atoms with E-state index in [0.717, 1.165) is 10.2 Å². The fourth-order valence-electron chi connectivity index (χ4n) is 4.37. The first-order valence-corrected chi connectivity index (χ1v) is 12.5. The highest BCUT2D eigenvalue weighted by atomic mass is 32.2. The zero-order chi connectivity index (χ0) is 28.5. The Morgan fingerprint density at radius 3 is 2.59 bits per heavy atom. The van der Waals surface area contributed by atoms with Crippen LogP contribution in [-0.4, -0.2) is 49.7 Å². The van der Waals surface area contributed by atoms with Crippen molar-refractivity contribution in [3.05, 3.63) is 41.2 Å². The SMILES string of the molecule is CC(C)(C)OC(=O)N1CCCC(Nc2ncc(C(F)(F)F)c(-c3cn(SF)c4c(C#N)c(C#N)ccc34)n2)C1. The van der Waals surface area contributed by atoms with Gasteiger partial charge in [-0.15, -0.1) is 3.89 Å². The molecule has 1 aliphatic rings. The maximum atomic E-state index is 14.0. The predicted octanol–water partition coefficient (Wildman–Crippen LogP) is 6.05. The third-order valence-electron chi connectivity index (χ3n) is 6.00. The lowest BCUT2D eigenvalue weighted by Crippen LogP contribution is -2.47. The van der Waals surface area contributed by atoms with Gasteiger partial charge in [-0.1, -0.05) is 6.07 Å². The van der Waals surface area contributed by atoms with Crippen molar-refractivity contribution in [2.24, 2.45) is 0 Å². The number of benzene rings is 1. The second-order valence-corrected chi connectivity index (χ2v) is 10.4. The number of carbonyl (C=O) groups excluding carboxylic acids is 1. The maximum absolute atomic E-state index is 14.0. The molecule has 204 valence electrons. The van der Waals surface area contributed by atoms with E-state index in [4.69, 9.17) is 4.74 Å². The number of nitrogens with one attached hydrogen (secondary N) is 1. The van der Waals surface area contributed by atoms with Crippen molar-refractivity contribution < 1.29 is 26.6 Å². The number of hydrogen-bond donors (Lipinski definition) is 1. The van der Waals surface area contributed by atoms with Gasteiger partial charge in [0.25, 0.3) is 0 Å². The van der Waals surface area contributed by atoms with Crippen LogP contribution in [0.1, 0.15) is 50.3 Å². The summed E-state index contributed by atoms with van der Waals surface area (Å²) in [5, 5.41) is 22.0. The van der Waals surface area contributed by atoms with Crippen molar-refractivity contribution in [2.45, 2.75) is 51.4 Å². The first kappa shape index (κ1) is 28.0. The second kappa shape index (κ2) is 10.6. The molecule has 1 fully saturated rings. The number of carbonyl (C=O) groups is 1. The third-order valence-corrected chi connectivity index (χ3v) is 6.43. The molecule has 3 heterocycles.